The van der Waals surface area contributed by atoms with Crippen molar-refractivity contribution in [3.63, 3.8) is 0 Å². The molecule has 1 atom stereocenters. The molecule has 0 fully saturated rings. The highest BCUT2D eigenvalue weighted by Gasteiger charge is 2.23. The first-order valence-electron chi connectivity index (χ1n) is 11.5. The number of aryl methyl sites for hydroxylation is 1. The third-order valence-corrected chi connectivity index (χ3v) is 5.66. The summed E-state index contributed by atoms with van der Waals surface area (Å²) in [5.41, 5.74) is 3.42. The summed E-state index contributed by atoms with van der Waals surface area (Å²) in [6.45, 7) is 10.4. The number of nitrogens with one attached hydrogen (secondary N) is 2. The summed E-state index contributed by atoms with van der Waals surface area (Å²) in [7, 11) is 0. The van der Waals surface area contributed by atoms with Gasteiger partial charge in [-0.1, -0.05) is 40.5 Å². The van der Waals surface area contributed by atoms with E-state index in [1.54, 1.807) is 65.8 Å². The molecule has 0 saturated heterocycles. The number of urea groups is 1. The van der Waals surface area contributed by atoms with Crippen LogP contribution in [0.1, 0.15) is 52.1 Å². The Morgan fingerprint density at radius 1 is 1.22 bits per heavy atom. The van der Waals surface area contributed by atoms with Crippen molar-refractivity contribution < 1.29 is 23.2 Å². The van der Waals surface area contributed by atoms with E-state index in [4.69, 9.17) is 32.5 Å². The fraction of sp³-hybridized carbons (Fsp3) is 0.360. The van der Waals surface area contributed by atoms with E-state index in [9.17, 15) is 14.0 Å². The minimum Gasteiger partial charge on any atom is -0.443 e. The van der Waals surface area contributed by atoms with E-state index in [1.165, 1.54) is 6.07 Å². The number of ether oxygens (including phenoxy) is 1. The number of hydrogen-bond acceptors (Lipinski definition) is 6. The van der Waals surface area contributed by atoms with Gasteiger partial charge in [0.05, 0.1) is 11.6 Å². The van der Waals surface area contributed by atoms with Crippen LogP contribution in [0.5, 0.6) is 0 Å². The minimum absolute atomic E-state index is 0.0830. The lowest BCUT2D eigenvalue weighted by Crippen LogP contribution is -2.52. The molecule has 3 aromatic rings. The number of benzene rings is 2. The molecule has 2 N–H and O–H groups in total. The monoisotopic (exact) mass is 551 g/mol. The Kier molecular flexibility index (Phi) is 8.65. The highest BCUT2D eigenvalue weighted by atomic mass is 35.5. The molecule has 9 nitrogen and oxygen atoms in total. The van der Waals surface area contributed by atoms with Crippen molar-refractivity contribution in [3.05, 3.63) is 57.6 Å². The SMILES string of the molecule is CCN(NC(=O)OC(C)(C)C)C(=O)N[C@H](C)c1ccc(-c2cc(Cl)cc(F)c2-c2noc(C)n2)cc1Cl. The number of hydrogen-bond donors (Lipinski definition) is 2. The molecule has 0 saturated carbocycles. The van der Waals surface area contributed by atoms with Crippen molar-refractivity contribution in [2.45, 2.75) is 53.2 Å². The van der Waals surface area contributed by atoms with Crippen LogP contribution in [0.25, 0.3) is 22.5 Å². The molecular weight excluding hydrogens is 524 g/mol. The van der Waals surface area contributed by atoms with E-state index < -0.39 is 29.6 Å². The molecule has 0 radical (unpaired) electrons. The van der Waals surface area contributed by atoms with Crippen LogP contribution in [0.15, 0.2) is 34.9 Å². The van der Waals surface area contributed by atoms with Crippen molar-refractivity contribution in [2.75, 3.05) is 6.54 Å². The molecule has 2 aromatic carbocycles. The molecular formula is C25H28Cl2FN5O4. The van der Waals surface area contributed by atoms with E-state index >= 15 is 0 Å². The van der Waals surface area contributed by atoms with Gasteiger partial charge in [0.25, 0.3) is 0 Å². The molecule has 0 aliphatic carbocycles. The Labute approximate surface area is 224 Å². The van der Waals surface area contributed by atoms with Crippen molar-refractivity contribution >= 4 is 35.3 Å². The summed E-state index contributed by atoms with van der Waals surface area (Å²) in [4.78, 5) is 29.0. The minimum atomic E-state index is -0.749. The number of nitrogens with zero attached hydrogens (tertiary/aromatic N) is 3. The number of aromatic nitrogens is 2. The van der Waals surface area contributed by atoms with E-state index in [0.29, 0.717) is 21.7 Å². The van der Waals surface area contributed by atoms with Gasteiger partial charge in [-0.2, -0.15) is 4.98 Å². The molecule has 0 spiro atoms. The van der Waals surface area contributed by atoms with Gasteiger partial charge in [0.15, 0.2) is 0 Å². The highest BCUT2D eigenvalue weighted by molar-refractivity contribution is 6.32. The van der Waals surface area contributed by atoms with Gasteiger partial charge in [-0.3, -0.25) is 0 Å². The van der Waals surface area contributed by atoms with E-state index in [-0.39, 0.29) is 28.8 Å². The first kappa shape index (κ1) is 28.2. The standard InChI is InChI=1S/C25H28Cl2FN5O4/c1-7-33(31-24(35)36-25(4,5)6)23(34)29-13(2)17-9-8-15(10-19(17)27)18-11-16(26)12-20(28)21(18)22-30-14(3)37-32-22/h8-13H,7H2,1-6H3,(H,29,34)(H,31,35)/t13-/m1/s1. The van der Waals surface area contributed by atoms with Crippen LogP contribution in [0.4, 0.5) is 14.0 Å². The second kappa shape index (κ2) is 11.4. The van der Waals surface area contributed by atoms with Crippen LogP contribution >= 0.6 is 23.2 Å². The topological polar surface area (TPSA) is 110 Å². The maximum absolute atomic E-state index is 14.9. The molecule has 37 heavy (non-hydrogen) atoms. The second-order valence-corrected chi connectivity index (χ2v) is 10.1. The third kappa shape index (κ3) is 7.11. The van der Waals surface area contributed by atoms with E-state index in [1.807, 2.05) is 0 Å². The number of halogens is 3. The average Bonchev–Trinajstić information content (AvgIpc) is 3.20. The molecule has 198 valence electrons. The predicted octanol–water partition coefficient (Wildman–Crippen LogP) is 6.69. The summed E-state index contributed by atoms with van der Waals surface area (Å²) in [5, 5.41) is 8.24. The normalized spacial score (nSPS) is 12.1. The molecule has 12 heteroatoms. The third-order valence-electron chi connectivity index (χ3n) is 5.11. The molecule has 1 heterocycles. The molecule has 0 bridgehead atoms. The summed E-state index contributed by atoms with van der Waals surface area (Å²) in [6, 6.07) is 6.75. The summed E-state index contributed by atoms with van der Waals surface area (Å²) in [6.07, 6.45) is -0.749. The smallest absolute Gasteiger partial charge is 0.426 e. The lowest BCUT2D eigenvalue weighted by Gasteiger charge is -2.27. The fourth-order valence-electron chi connectivity index (χ4n) is 3.50. The molecule has 1 aromatic heterocycles. The van der Waals surface area contributed by atoms with Crippen LogP contribution < -0.4 is 10.7 Å². The number of amides is 3. The number of hydrazine groups is 1. The van der Waals surface area contributed by atoms with Crippen LogP contribution in [0.2, 0.25) is 10.0 Å². The zero-order valence-corrected chi connectivity index (χ0v) is 22.8. The van der Waals surface area contributed by atoms with Gasteiger partial charge in [-0.25, -0.2) is 24.4 Å². The van der Waals surface area contributed by atoms with Gasteiger partial charge in [0.2, 0.25) is 11.7 Å². The zero-order chi connectivity index (χ0) is 27.5. The van der Waals surface area contributed by atoms with Crippen molar-refractivity contribution in [1.29, 1.82) is 0 Å². The lowest BCUT2D eigenvalue weighted by atomic mass is 9.96. The number of carbonyl (C=O) groups is 2. The van der Waals surface area contributed by atoms with Crippen molar-refractivity contribution in [1.82, 2.24) is 25.9 Å². The Morgan fingerprint density at radius 3 is 2.49 bits per heavy atom. The first-order chi connectivity index (χ1) is 17.3. The molecule has 0 unspecified atom stereocenters. The first-order valence-corrected chi connectivity index (χ1v) is 12.2. The molecule has 0 aliphatic rings. The van der Waals surface area contributed by atoms with Gasteiger partial charge in [-0.05, 0) is 69.5 Å². The summed E-state index contributed by atoms with van der Waals surface area (Å²) in [5.74, 6) is -0.239. The predicted molar refractivity (Wildman–Crippen MR) is 139 cm³/mol. The quantitative estimate of drug-likeness (QED) is 0.342. The Bertz CT molecular complexity index is 1310. The summed E-state index contributed by atoms with van der Waals surface area (Å²) < 4.78 is 25.1. The number of rotatable bonds is 5. The molecule has 3 amide bonds. The maximum Gasteiger partial charge on any atom is 0.426 e. The fourth-order valence-corrected chi connectivity index (χ4v) is 4.05. The molecule has 3 rings (SSSR count). The maximum atomic E-state index is 14.9. The Morgan fingerprint density at radius 2 is 1.92 bits per heavy atom. The summed E-state index contributed by atoms with van der Waals surface area (Å²) >= 11 is 12.7. The molecule has 0 aliphatic heterocycles. The highest BCUT2D eigenvalue weighted by Crippen LogP contribution is 2.37. The Hall–Kier alpha value is -3.37. The van der Waals surface area contributed by atoms with Crippen molar-refractivity contribution in [3.8, 4) is 22.5 Å². The van der Waals surface area contributed by atoms with Crippen LogP contribution in [-0.4, -0.2) is 39.4 Å². The van der Waals surface area contributed by atoms with Gasteiger partial charge in [0, 0.05) is 23.5 Å². The Balaban J connectivity index is 1.83. The average molecular weight is 552 g/mol. The van der Waals surface area contributed by atoms with Gasteiger partial charge in [-0.15, -0.1) is 0 Å². The van der Waals surface area contributed by atoms with Gasteiger partial charge < -0.3 is 14.6 Å². The number of carbonyl (C=O) groups excluding carboxylic acids is 2. The van der Waals surface area contributed by atoms with Gasteiger partial charge in [0.1, 0.15) is 11.4 Å². The zero-order valence-electron chi connectivity index (χ0n) is 21.3. The van der Waals surface area contributed by atoms with Gasteiger partial charge >= 0.3 is 12.1 Å². The van der Waals surface area contributed by atoms with E-state index in [0.717, 1.165) is 5.01 Å². The van der Waals surface area contributed by atoms with Crippen LogP contribution in [-0.2, 0) is 4.74 Å². The van der Waals surface area contributed by atoms with E-state index in [2.05, 4.69) is 20.9 Å². The largest absolute Gasteiger partial charge is 0.443 e. The van der Waals surface area contributed by atoms with Crippen molar-refractivity contribution in [2.24, 2.45) is 0 Å². The second-order valence-electron chi connectivity index (χ2n) is 9.21. The lowest BCUT2D eigenvalue weighted by molar-refractivity contribution is 0.0382. The van der Waals surface area contributed by atoms with Crippen LogP contribution in [0.3, 0.4) is 0 Å². The van der Waals surface area contributed by atoms with Crippen LogP contribution in [0, 0.1) is 12.7 Å².